The van der Waals surface area contributed by atoms with E-state index in [1.165, 1.54) is 6.07 Å². The van der Waals surface area contributed by atoms with E-state index in [2.05, 4.69) is 13.8 Å². The zero-order valence-corrected chi connectivity index (χ0v) is 20.8. The summed E-state index contributed by atoms with van der Waals surface area (Å²) in [5.74, 6) is -0.0724. The van der Waals surface area contributed by atoms with Crippen LogP contribution in [-0.4, -0.2) is 33.9 Å². The molecular formula is C28H38O7. The van der Waals surface area contributed by atoms with Crippen molar-refractivity contribution in [2.24, 2.45) is 28.6 Å². The molecule has 0 aromatic carbocycles. The highest BCUT2D eigenvalue weighted by atomic mass is 16.5. The number of carboxylic acid groups (broad SMARTS) is 1. The van der Waals surface area contributed by atoms with Crippen molar-refractivity contribution in [1.29, 1.82) is 0 Å². The largest absolute Gasteiger partial charge is 0.481 e. The highest BCUT2D eigenvalue weighted by molar-refractivity contribution is 5.76. The topological polar surface area (TPSA) is 114 Å². The van der Waals surface area contributed by atoms with Gasteiger partial charge in [-0.2, -0.15) is 0 Å². The second kappa shape index (κ2) is 8.75. The molecule has 0 amide bonds. The van der Waals surface area contributed by atoms with Crippen LogP contribution in [0, 0.1) is 28.6 Å². The number of esters is 1. The van der Waals surface area contributed by atoms with Gasteiger partial charge in [-0.25, -0.2) is 4.79 Å². The summed E-state index contributed by atoms with van der Waals surface area (Å²) < 4.78 is 10.8. The Balaban J connectivity index is 1.31. The van der Waals surface area contributed by atoms with Crippen LogP contribution in [0.15, 0.2) is 27.6 Å². The van der Waals surface area contributed by atoms with E-state index in [1.54, 1.807) is 6.26 Å². The minimum absolute atomic E-state index is 0.0733. The first kappa shape index (κ1) is 24.5. The molecule has 4 saturated carbocycles. The maximum Gasteiger partial charge on any atom is 0.335 e. The maximum absolute atomic E-state index is 12.3. The van der Waals surface area contributed by atoms with Crippen LogP contribution in [-0.2, 0) is 14.3 Å². The van der Waals surface area contributed by atoms with E-state index >= 15 is 0 Å². The monoisotopic (exact) mass is 486 g/mol. The van der Waals surface area contributed by atoms with E-state index in [-0.39, 0.29) is 47.2 Å². The Hall–Kier alpha value is -2.15. The van der Waals surface area contributed by atoms with Crippen LogP contribution >= 0.6 is 0 Å². The van der Waals surface area contributed by atoms with Gasteiger partial charge in [-0.15, -0.1) is 0 Å². The van der Waals surface area contributed by atoms with Gasteiger partial charge in [-0.05, 0) is 98.5 Å². The molecule has 7 nitrogen and oxygen atoms in total. The second-order valence-electron chi connectivity index (χ2n) is 12.1. The van der Waals surface area contributed by atoms with Crippen LogP contribution in [0.5, 0.6) is 0 Å². The standard InChI is InChI=1S/C28H38O7/c1-26-12-9-19(35-25(32)8-6-23(29)30)15-18(26)4-5-22-21(26)10-13-27(2)20(11-14-28(22,27)33)17-3-7-24(31)34-16-17/h3,7,16,18-22,33H,4-6,8-15H2,1-2H3,(H,29,30)/t18-,19+,20?,21+,22-,26+,27-,28+/m1/s1. The molecular weight excluding hydrogens is 448 g/mol. The Morgan fingerprint density at radius 3 is 2.54 bits per heavy atom. The Morgan fingerprint density at radius 2 is 1.83 bits per heavy atom. The Labute approximate surface area is 206 Å². The summed E-state index contributed by atoms with van der Waals surface area (Å²) in [6.45, 7) is 4.63. The van der Waals surface area contributed by atoms with Crippen molar-refractivity contribution in [1.82, 2.24) is 0 Å². The molecule has 192 valence electrons. The molecule has 5 rings (SSSR count). The third kappa shape index (κ3) is 3.94. The number of carbonyl (C=O) groups is 2. The van der Waals surface area contributed by atoms with Crippen LogP contribution in [0.2, 0.25) is 0 Å². The fourth-order valence-corrected chi connectivity index (χ4v) is 8.85. The molecule has 4 aliphatic rings. The van der Waals surface area contributed by atoms with Crippen LogP contribution in [0.4, 0.5) is 0 Å². The number of aliphatic carboxylic acids is 1. The molecule has 1 unspecified atom stereocenters. The Bertz CT molecular complexity index is 1030. The number of rotatable bonds is 5. The first-order valence-corrected chi connectivity index (χ1v) is 13.3. The van der Waals surface area contributed by atoms with Gasteiger partial charge in [-0.3, -0.25) is 9.59 Å². The molecule has 0 saturated heterocycles. The van der Waals surface area contributed by atoms with Gasteiger partial charge in [0.2, 0.25) is 0 Å². The number of hydrogen-bond donors (Lipinski definition) is 2. The molecule has 0 radical (unpaired) electrons. The van der Waals surface area contributed by atoms with Crippen molar-refractivity contribution in [3.63, 3.8) is 0 Å². The predicted octanol–water partition coefficient (Wildman–Crippen LogP) is 4.66. The number of aliphatic hydroxyl groups is 1. The number of fused-ring (bicyclic) bond motifs is 5. The summed E-state index contributed by atoms with van der Waals surface area (Å²) >= 11 is 0. The minimum Gasteiger partial charge on any atom is -0.481 e. The molecule has 0 aliphatic heterocycles. The zero-order chi connectivity index (χ0) is 25.0. The summed E-state index contributed by atoms with van der Waals surface area (Å²) in [7, 11) is 0. The highest BCUT2D eigenvalue weighted by Gasteiger charge is 2.67. The van der Waals surface area contributed by atoms with E-state index in [0.29, 0.717) is 11.8 Å². The van der Waals surface area contributed by atoms with Gasteiger partial charge in [0.05, 0.1) is 24.7 Å². The predicted molar refractivity (Wildman–Crippen MR) is 128 cm³/mol. The van der Waals surface area contributed by atoms with Gasteiger partial charge < -0.3 is 19.4 Å². The molecule has 7 heteroatoms. The lowest BCUT2D eigenvalue weighted by Crippen LogP contribution is -2.62. The summed E-state index contributed by atoms with van der Waals surface area (Å²) in [5, 5.41) is 21.1. The molecule has 8 atom stereocenters. The van der Waals surface area contributed by atoms with E-state index in [4.69, 9.17) is 14.3 Å². The molecule has 1 aromatic rings. The van der Waals surface area contributed by atoms with Crippen molar-refractivity contribution in [3.8, 4) is 0 Å². The van der Waals surface area contributed by atoms with E-state index in [0.717, 1.165) is 63.4 Å². The van der Waals surface area contributed by atoms with Gasteiger partial charge in [0.25, 0.3) is 0 Å². The molecule has 4 aliphatic carbocycles. The van der Waals surface area contributed by atoms with Crippen molar-refractivity contribution in [2.75, 3.05) is 0 Å². The van der Waals surface area contributed by atoms with E-state index in [1.807, 2.05) is 6.07 Å². The lowest BCUT2D eigenvalue weighted by atomic mass is 9.43. The summed E-state index contributed by atoms with van der Waals surface area (Å²) in [6.07, 6.45) is 9.50. The van der Waals surface area contributed by atoms with Crippen LogP contribution < -0.4 is 5.63 Å². The smallest absolute Gasteiger partial charge is 0.335 e. The normalized spacial score (nSPS) is 42.4. The first-order chi connectivity index (χ1) is 16.6. The number of carbonyl (C=O) groups excluding carboxylic acids is 1. The fraction of sp³-hybridized carbons (Fsp3) is 0.750. The van der Waals surface area contributed by atoms with Crippen molar-refractivity contribution >= 4 is 11.9 Å². The lowest BCUT2D eigenvalue weighted by Gasteiger charge is -2.63. The zero-order valence-electron chi connectivity index (χ0n) is 20.8. The average Bonchev–Trinajstić information content (AvgIpc) is 3.10. The van der Waals surface area contributed by atoms with Gasteiger partial charge in [-0.1, -0.05) is 13.8 Å². The number of ether oxygens (including phenoxy) is 1. The summed E-state index contributed by atoms with van der Waals surface area (Å²) in [5.41, 5.74) is -0.183. The summed E-state index contributed by atoms with van der Waals surface area (Å²) in [4.78, 5) is 34.4. The number of hydrogen-bond acceptors (Lipinski definition) is 6. The minimum atomic E-state index is -0.982. The summed E-state index contributed by atoms with van der Waals surface area (Å²) in [6, 6.07) is 3.36. The Morgan fingerprint density at radius 1 is 1.03 bits per heavy atom. The molecule has 0 bridgehead atoms. The van der Waals surface area contributed by atoms with Crippen molar-refractivity contribution in [2.45, 2.75) is 102 Å². The van der Waals surface area contributed by atoms with Gasteiger partial charge in [0.1, 0.15) is 6.10 Å². The average molecular weight is 487 g/mol. The highest BCUT2D eigenvalue weighted by Crippen LogP contribution is 2.70. The third-order valence-electron chi connectivity index (χ3n) is 10.8. The molecule has 0 spiro atoms. The van der Waals surface area contributed by atoms with Crippen LogP contribution in [0.1, 0.15) is 96.0 Å². The second-order valence-corrected chi connectivity index (χ2v) is 12.1. The van der Waals surface area contributed by atoms with Crippen molar-refractivity contribution < 1.29 is 29.0 Å². The molecule has 4 fully saturated rings. The van der Waals surface area contributed by atoms with Crippen LogP contribution in [0.3, 0.4) is 0 Å². The SMILES string of the molecule is C[C@]12CC[C@H](OC(=O)CCC(=O)O)C[C@H]1CC[C@@H]1[C@@H]2CC[C@]2(C)C(c3ccc(=O)oc3)CC[C@]12O. The van der Waals surface area contributed by atoms with Gasteiger partial charge in [0, 0.05) is 11.5 Å². The van der Waals surface area contributed by atoms with E-state index in [9.17, 15) is 19.5 Å². The van der Waals surface area contributed by atoms with Gasteiger partial charge in [0.15, 0.2) is 0 Å². The lowest BCUT2D eigenvalue weighted by molar-refractivity contribution is -0.207. The maximum atomic E-state index is 12.3. The molecule has 2 N–H and O–H groups in total. The van der Waals surface area contributed by atoms with Crippen LogP contribution in [0.25, 0.3) is 0 Å². The van der Waals surface area contributed by atoms with Crippen molar-refractivity contribution in [3.05, 3.63) is 34.4 Å². The molecule has 35 heavy (non-hydrogen) atoms. The first-order valence-electron chi connectivity index (χ1n) is 13.3. The third-order valence-corrected chi connectivity index (χ3v) is 10.8. The fourth-order valence-electron chi connectivity index (χ4n) is 8.85. The Kier molecular flexibility index (Phi) is 6.14. The molecule has 1 aromatic heterocycles. The molecule has 1 heterocycles. The van der Waals surface area contributed by atoms with Gasteiger partial charge >= 0.3 is 17.6 Å². The van der Waals surface area contributed by atoms with E-state index < -0.39 is 17.5 Å². The number of carboxylic acids is 1. The quantitative estimate of drug-likeness (QED) is 0.582.